The van der Waals surface area contributed by atoms with Crippen LogP contribution >= 0.6 is 0 Å². The molecule has 0 radical (unpaired) electrons. The van der Waals surface area contributed by atoms with Crippen molar-refractivity contribution in [2.45, 2.75) is 73.3 Å². The number of anilines is 2. The van der Waals surface area contributed by atoms with Gasteiger partial charge in [-0.05, 0) is 37.5 Å². The number of nitrogen functional groups attached to an aromatic ring is 1. The van der Waals surface area contributed by atoms with Crippen LogP contribution in [0.3, 0.4) is 0 Å². The Bertz CT molecular complexity index is 445. The molecule has 1 unspecified atom stereocenters. The van der Waals surface area contributed by atoms with Crippen LogP contribution in [0.2, 0.25) is 0 Å². The predicted octanol–water partition coefficient (Wildman–Crippen LogP) is 4.76. The van der Waals surface area contributed by atoms with Crippen LogP contribution in [0, 0.1) is 6.92 Å². The van der Waals surface area contributed by atoms with Gasteiger partial charge in [-0.25, -0.2) is 0 Å². The van der Waals surface area contributed by atoms with Crippen LogP contribution in [-0.4, -0.2) is 18.1 Å². The molecule has 0 aliphatic carbocycles. The molecule has 0 fully saturated rings. The average molecular weight is 322 g/mol. The van der Waals surface area contributed by atoms with Gasteiger partial charge in [0, 0.05) is 12.8 Å². The molecule has 1 aromatic carbocycles. The first-order valence-corrected chi connectivity index (χ1v) is 8.67. The number of carbonyl (C=O) groups excluding carboxylic acids is 2. The lowest BCUT2D eigenvalue weighted by Gasteiger charge is -2.19. The van der Waals surface area contributed by atoms with Gasteiger partial charge in [0.1, 0.15) is 6.29 Å². The van der Waals surface area contributed by atoms with Gasteiger partial charge in [-0.1, -0.05) is 40.7 Å². The monoisotopic (exact) mass is 322 g/mol. The van der Waals surface area contributed by atoms with Crippen LogP contribution < -0.4 is 11.1 Å². The van der Waals surface area contributed by atoms with Gasteiger partial charge in [-0.3, -0.25) is 4.79 Å². The lowest BCUT2D eigenvalue weighted by atomic mass is 10.0. The van der Waals surface area contributed by atoms with Crippen LogP contribution in [0.4, 0.5) is 11.4 Å². The van der Waals surface area contributed by atoms with Gasteiger partial charge < -0.3 is 15.8 Å². The van der Waals surface area contributed by atoms with Gasteiger partial charge in [0.15, 0.2) is 5.78 Å². The molecule has 0 saturated heterocycles. The van der Waals surface area contributed by atoms with E-state index in [9.17, 15) is 9.59 Å². The summed E-state index contributed by atoms with van der Waals surface area (Å²) in [6.07, 6.45) is 3.05. The Kier molecular flexibility index (Phi) is 15.4. The number of benzene rings is 1. The number of hydrogen-bond donors (Lipinski definition) is 2. The maximum absolute atomic E-state index is 12.0. The molecule has 1 aromatic rings. The standard InChI is InChI=1S/C15H22N2O2.2C2H6/c1-3-5-15(19)13(6-4-9-18)17-14-10-11(2)7-8-12(14)16;2*1-2/h7-10,13,17H,3-6,16H2,1-2H3;2*1-2H3. The molecule has 0 spiro atoms. The number of nitrogens with one attached hydrogen (secondary N) is 1. The van der Waals surface area contributed by atoms with Crippen LogP contribution in [-0.2, 0) is 9.59 Å². The van der Waals surface area contributed by atoms with Crippen LogP contribution in [0.25, 0.3) is 0 Å². The zero-order valence-electron chi connectivity index (χ0n) is 15.6. The summed E-state index contributed by atoms with van der Waals surface area (Å²) in [5.41, 5.74) is 8.36. The maximum Gasteiger partial charge on any atom is 0.155 e. The minimum Gasteiger partial charge on any atom is -0.397 e. The first-order valence-electron chi connectivity index (χ1n) is 8.67. The van der Waals surface area contributed by atoms with Crippen LogP contribution in [0.1, 0.15) is 65.9 Å². The van der Waals surface area contributed by atoms with Crippen molar-refractivity contribution in [1.29, 1.82) is 0 Å². The number of Topliss-reactive ketones (excluding diaryl/α,β-unsaturated/α-hetero) is 1. The molecule has 1 rings (SSSR count). The molecule has 0 aromatic heterocycles. The SMILES string of the molecule is CC.CC.CCCC(=O)C(CCC=O)Nc1cc(C)ccc1N. The van der Waals surface area contributed by atoms with E-state index in [-0.39, 0.29) is 11.8 Å². The van der Waals surface area contributed by atoms with Crippen molar-refractivity contribution in [2.24, 2.45) is 0 Å². The second-order valence-electron chi connectivity index (χ2n) is 4.75. The molecular weight excluding hydrogens is 288 g/mol. The summed E-state index contributed by atoms with van der Waals surface area (Å²) in [7, 11) is 0. The Labute approximate surface area is 141 Å². The Morgan fingerprint density at radius 3 is 2.39 bits per heavy atom. The molecule has 0 aliphatic rings. The normalized spacial score (nSPS) is 10.3. The molecule has 1 atom stereocenters. The van der Waals surface area contributed by atoms with Crippen molar-refractivity contribution in [3.05, 3.63) is 23.8 Å². The fourth-order valence-corrected chi connectivity index (χ4v) is 1.95. The number of nitrogens with two attached hydrogens (primary N) is 1. The maximum atomic E-state index is 12.0. The second-order valence-corrected chi connectivity index (χ2v) is 4.75. The fourth-order valence-electron chi connectivity index (χ4n) is 1.95. The molecule has 0 amide bonds. The van der Waals surface area contributed by atoms with E-state index >= 15 is 0 Å². The second kappa shape index (κ2) is 15.1. The van der Waals surface area contributed by atoms with Gasteiger partial charge in [0.2, 0.25) is 0 Å². The zero-order chi connectivity index (χ0) is 18.3. The van der Waals surface area contributed by atoms with Crippen LogP contribution in [0.15, 0.2) is 18.2 Å². The third-order valence-electron chi connectivity index (χ3n) is 3.00. The van der Waals surface area contributed by atoms with Crippen molar-refractivity contribution in [2.75, 3.05) is 11.1 Å². The molecule has 0 aliphatic heterocycles. The van der Waals surface area contributed by atoms with E-state index in [2.05, 4.69) is 5.32 Å². The minimum atomic E-state index is -0.339. The lowest BCUT2D eigenvalue weighted by molar-refractivity contribution is -0.120. The predicted molar refractivity (Wildman–Crippen MR) is 101 cm³/mol. The number of hydrogen-bond acceptors (Lipinski definition) is 4. The van der Waals surface area contributed by atoms with Crippen molar-refractivity contribution in [3.63, 3.8) is 0 Å². The van der Waals surface area contributed by atoms with Crippen molar-refractivity contribution >= 4 is 23.4 Å². The quantitative estimate of drug-likeness (QED) is 0.534. The van der Waals surface area contributed by atoms with E-state index in [1.54, 1.807) is 0 Å². The summed E-state index contributed by atoms with van der Waals surface area (Å²) < 4.78 is 0. The molecule has 0 saturated carbocycles. The number of rotatable bonds is 8. The van der Waals surface area contributed by atoms with E-state index in [0.717, 1.165) is 24.0 Å². The summed E-state index contributed by atoms with van der Waals surface area (Å²) in [4.78, 5) is 22.5. The van der Waals surface area contributed by atoms with E-state index in [4.69, 9.17) is 5.73 Å². The molecule has 4 heteroatoms. The molecule has 23 heavy (non-hydrogen) atoms. The van der Waals surface area contributed by atoms with Crippen LogP contribution in [0.5, 0.6) is 0 Å². The van der Waals surface area contributed by atoms with Gasteiger partial charge in [-0.15, -0.1) is 0 Å². The van der Waals surface area contributed by atoms with Crippen molar-refractivity contribution in [3.8, 4) is 0 Å². The summed E-state index contributed by atoms with van der Waals surface area (Å²) in [5.74, 6) is 0.130. The number of aryl methyl sites for hydroxylation is 1. The molecule has 0 bridgehead atoms. The largest absolute Gasteiger partial charge is 0.397 e. The molecule has 132 valence electrons. The van der Waals surface area contributed by atoms with E-state index in [1.807, 2.05) is 59.7 Å². The summed E-state index contributed by atoms with van der Waals surface area (Å²) in [5, 5.41) is 3.17. The Hall–Kier alpha value is -1.84. The highest BCUT2D eigenvalue weighted by molar-refractivity contribution is 5.88. The van der Waals surface area contributed by atoms with Crippen molar-refractivity contribution < 1.29 is 9.59 Å². The highest BCUT2D eigenvalue weighted by Crippen LogP contribution is 2.22. The van der Waals surface area contributed by atoms with E-state index in [1.165, 1.54) is 0 Å². The zero-order valence-corrected chi connectivity index (χ0v) is 15.6. The third-order valence-corrected chi connectivity index (χ3v) is 3.00. The third kappa shape index (κ3) is 9.72. The van der Waals surface area contributed by atoms with E-state index < -0.39 is 0 Å². The minimum absolute atomic E-state index is 0.130. The van der Waals surface area contributed by atoms with Crippen molar-refractivity contribution in [1.82, 2.24) is 0 Å². The summed E-state index contributed by atoms with van der Waals surface area (Å²) >= 11 is 0. The Morgan fingerprint density at radius 2 is 1.87 bits per heavy atom. The highest BCUT2D eigenvalue weighted by atomic mass is 16.1. The summed E-state index contributed by atoms with van der Waals surface area (Å²) in [6, 6.07) is 5.32. The average Bonchev–Trinajstić information content (AvgIpc) is 2.58. The molecule has 3 N–H and O–H groups in total. The van der Waals surface area contributed by atoms with E-state index in [0.29, 0.717) is 24.9 Å². The Morgan fingerprint density at radius 1 is 1.26 bits per heavy atom. The Balaban J connectivity index is 0. The number of ketones is 1. The fraction of sp³-hybridized carbons (Fsp3) is 0.579. The lowest BCUT2D eigenvalue weighted by Crippen LogP contribution is -2.30. The molecule has 0 heterocycles. The number of carbonyl (C=O) groups is 2. The molecular formula is C19H34N2O2. The topological polar surface area (TPSA) is 72.2 Å². The first-order chi connectivity index (χ1) is 11.1. The van der Waals surface area contributed by atoms with Gasteiger partial charge in [0.25, 0.3) is 0 Å². The van der Waals surface area contributed by atoms with Gasteiger partial charge in [-0.2, -0.15) is 0 Å². The number of aldehydes is 1. The highest BCUT2D eigenvalue weighted by Gasteiger charge is 2.17. The smallest absolute Gasteiger partial charge is 0.155 e. The van der Waals surface area contributed by atoms with Gasteiger partial charge >= 0.3 is 0 Å². The summed E-state index contributed by atoms with van der Waals surface area (Å²) in [6.45, 7) is 11.9. The molecule has 4 nitrogen and oxygen atoms in total. The van der Waals surface area contributed by atoms with Gasteiger partial charge in [0.05, 0.1) is 17.4 Å². The first kappa shape index (κ1) is 23.4.